The molecule has 8 heteroatoms. The third-order valence-electron chi connectivity index (χ3n) is 3.60. The molecule has 0 bridgehead atoms. The number of nitrogens with zero attached hydrogens (tertiary/aromatic N) is 1. The van der Waals surface area contributed by atoms with E-state index < -0.39 is 6.10 Å². The van der Waals surface area contributed by atoms with Crippen LogP contribution in [0.2, 0.25) is 4.34 Å². The average molecular weight is 490 g/mol. The minimum absolute atomic E-state index is 0. The Labute approximate surface area is 168 Å². The van der Waals surface area contributed by atoms with Crippen LogP contribution in [0.15, 0.2) is 17.1 Å². The lowest BCUT2D eigenvalue weighted by atomic mass is 10.1. The normalized spacial score (nSPS) is 22.5. The predicted octanol–water partition coefficient (Wildman–Crippen LogP) is 3.89. The summed E-state index contributed by atoms with van der Waals surface area (Å²) in [6, 6.07) is 3.67. The van der Waals surface area contributed by atoms with Crippen molar-refractivity contribution < 1.29 is 5.11 Å². The fourth-order valence-electron chi connectivity index (χ4n) is 2.35. The molecule has 1 fully saturated rings. The molecule has 0 aromatic carbocycles. The van der Waals surface area contributed by atoms with Crippen molar-refractivity contribution in [2.75, 3.05) is 25.4 Å². The van der Waals surface area contributed by atoms with E-state index in [0.717, 1.165) is 23.9 Å². The number of guanidine groups is 1. The topological polar surface area (TPSA) is 56.7 Å². The number of aliphatic hydroxyl groups is 1. The number of halogens is 2. The monoisotopic (exact) mass is 489 g/mol. The zero-order valence-electron chi connectivity index (χ0n) is 13.5. The van der Waals surface area contributed by atoms with Crippen LogP contribution in [0.25, 0.3) is 0 Å². The van der Waals surface area contributed by atoms with Crippen LogP contribution in [0, 0.1) is 0 Å². The number of thioether (sulfide) groups is 1. The summed E-state index contributed by atoms with van der Waals surface area (Å²) >= 11 is 9.31. The van der Waals surface area contributed by atoms with E-state index in [2.05, 4.69) is 22.5 Å². The zero-order chi connectivity index (χ0) is 16.0. The number of aliphatic hydroxyl groups excluding tert-OH is 1. The van der Waals surface area contributed by atoms with Crippen LogP contribution in [-0.2, 0) is 0 Å². The van der Waals surface area contributed by atoms with Gasteiger partial charge in [0.05, 0.1) is 10.9 Å². The van der Waals surface area contributed by atoms with Crippen molar-refractivity contribution in [3.63, 3.8) is 0 Å². The van der Waals surface area contributed by atoms with Crippen molar-refractivity contribution in [1.82, 2.24) is 10.6 Å². The molecular weight excluding hydrogens is 465 g/mol. The molecule has 1 saturated heterocycles. The van der Waals surface area contributed by atoms with Gasteiger partial charge in [-0.25, -0.2) is 0 Å². The second-order valence-corrected chi connectivity index (χ2v) is 9.06. The maximum absolute atomic E-state index is 10.2. The second kappa shape index (κ2) is 10.3. The van der Waals surface area contributed by atoms with Crippen LogP contribution in [0.4, 0.5) is 0 Å². The summed E-state index contributed by atoms with van der Waals surface area (Å²) < 4.78 is 0.947. The van der Waals surface area contributed by atoms with Crippen molar-refractivity contribution >= 4 is 64.6 Å². The Balaban J connectivity index is 0.00000264. The molecular formula is C15H25ClIN3OS2. The quantitative estimate of drug-likeness (QED) is 0.322. The van der Waals surface area contributed by atoms with E-state index in [4.69, 9.17) is 11.6 Å². The largest absolute Gasteiger partial charge is 0.386 e. The fourth-order valence-corrected chi connectivity index (χ4v) is 4.62. The highest BCUT2D eigenvalue weighted by molar-refractivity contribution is 14.0. The van der Waals surface area contributed by atoms with Crippen molar-refractivity contribution in [3.8, 4) is 0 Å². The Morgan fingerprint density at radius 1 is 1.48 bits per heavy atom. The highest BCUT2D eigenvalue weighted by Gasteiger charge is 2.29. The van der Waals surface area contributed by atoms with E-state index in [-0.39, 0.29) is 28.7 Å². The third-order valence-corrected chi connectivity index (χ3v) is 6.46. The molecule has 23 heavy (non-hydrogen) atoms. The smallest absolute Gasteiger partial charge is 0.191 e. The average Bonchev–Trinajstić information content (AvgIpc) is 3.11. The van der Waals surface area contributed by atoms with E-state index in [1.807, 2.05) is 30.8 Å². The molecule has 0 spiro atoms. The fraction of sp³-hybridized carbons (Fsp3) is 0.667. The molecule has 0 aliphatic carbocycles. The molecule has 2 rings (SSSR count). The minimum atomic E-state index is -0.571. The number of hydrogen-bond acceptors (Lipinski definition) is 4. The van der Waals surface area contributed by atoms with E-state index in [1.54, 1.807) is 0 Å². The molecule has 1 aliphatic rings. The van der Waals surface area contributed by atoms with Crippen molar-refractivity contribution in [1.29, 1.82) is 0 Å². The van der Waals surface area contributed by atoms with Crippen LogP contribution < -0.4 is 10.6 Å². The van der Waals surface area contributed by atoms with Crippen LogP contribution >= 0.6 is 58.7 Å². The van der Waals surface area contributed by atoms with Gasteiger partial charge in [-0.05, 0) is 44.6 Å². The summed E-state index contributed by atoms with van der Waals surface area (Å²) in [5.41, 5.74) is 0. The lowest BCUT2D eigenvalue weighted by Crippen LogP contribution is -2.40. The number of thiophene rings is 1. The molecule has 2 atom stereocenters. The molecule has 0 saturated carbocycles. The SMILES string of the molecule is CCNC(=NCC1(C)CCCS1)NCC(O)c1ccc(Cl)s1.I. The van der Waals surface area contributed by atoms with Gasteiger partial charge in [-0.2, -0.15) is 11.8 Å². The van der Waals surface area contributed by atoms with Gasteiger partial charge in [0.15, 0.2) is 5.96 Å². The van der Waals surface area contributed by atoms with Crippen molar-refractivity contribution in [2.45, 2.75) is 37.5 Å². The van der Waals surface area contributed by atoms with Gasteiger partial charge in [0, 0.05) is 22.7 Å². The summed E-state index contributed by atoms with van der Waals surface area (Å²) in [6.45, 7) is 6.34. The molecule has 0 amide bonds. The third kappa shape index (κ3) is 6.97. The first-order valence-corrected chi connectivity index (χ1v) is 9.80. The molecule has 3 N–H and O–H groups in total. The second-order valence-electron chi connectivity index (χ2n) is 5.64. The van der Waals surface area contributed by atoms with Crippen molar-refractivity contribution in [2.24, 2.45) is 4.99 Å². The Bertz CT molecular complexity index is 507. The number of hydrogen-bond donors (Lipinski definition) is 3. The molecule has 132 valence electrons. The summed E-state index contributed by atoms with van der Waals surface area (Å²) in [6.07, 6.45) is 1.92. The number of nitrogens with one attached hydrogen (secondary N) is 2. The van der Waals surface area contributed by atoms with Gasteiger partial charge in [-0.1, -0.05) is 11.6 Å². The van der Waals surface area contributed by atoms with E-state index in [0.29, 0.717) is 10.9 Å². The van der Waals surface area contributed by atoms with Crippen molar-refractivity contribution in [3.05, 3.63) is 21.3 Å². The summed E-state index contributed by atoms with van der Waals surface area (Å²) in [5.74, 6) is 1.99. The molecule has 4 nitrogen and oxygen atoms in total. The maximum atomic E-state index is 10.2. The lowest BCUT2D eigenvalue weighted by molar-refractivity contribution is 0.184. The minimum Gasteiger partial charge on any atom is -0.386 e. The first-order valence-electron chi connectivity index (χ1n) is 7.62. The van der Waals surface area contributed by atoms with Gasteiger partial charge in [0.1, 0.15) is 6.10 Å². The summed E-state index contributed by atoms with van der Waals surface area (Å²) in [5, 5.41) is 16.6. The van der Waals surface area contributed by atoms with Gasteiger partial charge in [-0.15, -0.1) is 35.3 Å². The van der Waals surface area contributed by atoms with Gasteiger partial charge in [-0.3, -0.25) is 4.99 Å². The van der Waals surface area contributed by atoms with Crippen LogP contribution in [-0.4, -0.2) is 41.2 Å². The predicted molar refractivity (Wildman–Crippen MR) is 114 cm³/mol. The first-order chi connectivity index (χ1) is 10.5. The zero-order valence-corrected chi connectivity index (χ0v) is 18.2. The first kappa shape index (κ1) is 21.3. The molecule has 1 aromatic heterocycles. The van der Waals surface area contributed by atoms with Gasteiger partial charge >= 0.3 is 0 Å². The highest BCUT2D eigenvalue weighted by Crippen LogP contribution is 2.37. The van der Waals surface area contributed by atoms with E-state index >= 15 is 0 Å². The summed E-state index contributed by atoms with van der Waals surface area (Å²) in [7, 11) is 0. The van der Waals surface area contributed by atoms with E-state index in [1.165, 1.54) is 29.9 Å². The maximum Gasteiger partial charge on any atom is 0.191 e. The lowest BCUT2D eigenvalue weighted by Gasteiger charge is -2.21. The van der Waals surface area contributed by atoms with Crippen LogP contribution in [0.1, 0.15) is 37.7 Å². The van der Waals surface area contributed by atoms with Gasteiger partial charge < -0.3 is 15.7 Å². The van der Waals surface area contributed by atoms with Gasteiger partial charge in [0.25, 0.3) is 0 Å². The molecule has 2 unspecified atom stereocenters. The highest BCUT2D eigenvalue weighted by atomic mass is 127. The number of rotatable bonds is 6. The van der Waals surface area contributed by atoms with E-state index in [9.17, 15) is 5.11 Å². The Morgan fingerprint density at radius 2 is 2.26 bits per heavy atom. The standard InChI is InChI=1S/C15H24ClN3OS2.HI/c1-3-17-14(19-10-15(2)7-4-8-21-15)18-9-11(20)12-5-6-13(16)22-12;/h5-6,11,20H,3-4,7-10H2,1-2H3,(H2,17,18,19);1H. The van der Waals surface area contributed by atoms with Crippen LogP contribution in [0.5, 0.6) is 0 Å². The number of aliphatic imine (C=N–C) groups is 1. The van der Waals surface area contributed by atoms with Crippen LogP contribution in [0.3, 0.4) is 0 Å². The van der Waals surface area contributed by atoms with Gasteiger partial charge in [0.2, 0.25) is 0 Å². The molecule has 0 radical (unpaired) electrons. The molecule has 1 aliphatic heterocycles. The Kier molecular flexibility index (Phi) is 9.58. The Hall–Kier alpha value is 0.300. The molecule has 1 aromatic rings. The Morgan fingerprint density at radius 3 is 2.83 bits per heavy atom. The molecule has 2 heterocycles. The summed E-state index contributed by atoms with van der Waals surface area (Å²) in [4.78, 5) is 5.55.